The van der Waals surface area contributed by atoms with Gasteiger partial charge in [-0.25, -0.2) is 0 Å². The quantitative estimate of drug-likeness (QED) is 0.641. The van der Waals surface area contributed by atoms with Gasteiger partial charge in [-0.3, -0.25) is 14.4 Å². The molecule has 0 radical (unpaired) electrons. The van der Waals surface area contributed by atoms with Gasteiger partial charge in [-0.15, -0.1) is 0 Å². The molecule has 1 aromatic carbocycles. The van der Waals surface area contributed by atoms with Crippen molar-refractivity contribution in [3.05, 3.63) is 23.8 Å². The number of ether oxygens (including phenoxy) is 1. The minimum absolute atomic E-state index is 0.104. The first kappa shape index (κ1) is 13.8. The highest BCUT2D eigenvalue weighted by Gasteiger charge is 2.38. The van der Waals surface area contributed by atoms with Crippen molar-refractivity contribution in [3.63, 3.8) is 0 Å². The zero-order valence-corrected chi connectivity index (χ0v) is 11.7. The number of Topliss-reactive ketones (excluding diaryl/α,β-unsaturated/α-hetero) is 1. The Hall–Kier alpha value is -2.21. The summed E-state index contributed by atoms with van der Waals surface area (Å²) in [4.78, 5) is 35.6. The molecule has 0 saturated carbocycles. The van der Waals surface area contributed by atoms with E-state index in [0.717, 1.165) is 6.42 Å². The van der Waals surface area contributed by atoms with Crippen LogP contribution in [0.1, 0.15) is 36.5 Å². The fourth-order valence-electron chi connectivity index (χ4n) is 2.70. The molecule has 3 rings (SSSR count). The second-order valence-corrected chi connectivity index (χ2v) is 5.55. The van der Waals surface area contributed by atoms with Gasteiger partial charge in [0, 0.05) is 12.2 Å². The van der Waals surface area contributed by atoms with Crippen LogP contribution in [0.15, 0.2) is 18.2 Å². The maximum atomic E-state index is 12.6. The Bertz CT molecular complexity index is 633. The maximum absolute atomic E-state index is 12.6. The molecule has 0 aromatic heterocycles. The number of rotatable bonds is 2. The molecule has 0 aliphatic carbocycles. The SMILES string of the molecule is CC1(C(=O)c2ccc3c(c2)NC(=O)CC(=O)N3)CCCO1. The predicted octanol–water partition coefficient (Wildman–Crippen LogP) is 1.72. The number of benzene rings is 1. The number of hydrogen-bond donors (Lipinski definition) is 2. The summed E-state index contributed by atoms with van der Waals surface area (Å²) in [7, 11) is 0. The fourth-order valence-corrected chi connectivity index (χ4v) is 2.70. The molecule has 6 heteroatoms. The van der Waals surface area contributed by atoms with Crippen LogP contribution in [0.25, 0.3) is 0 Å². The summed E-state index contributed by atoms with van der Waals surface area (Å²) < 4.78 is 5.56. The van der Waals surface area contributed by atoms with Gasteiger partial charge in [-0.05, 0) is 38.0 Å². The third kappa shape index (κ3) is 2.54. The number of ketones is 1. The minimum atomic E-state index is -0.799. The molecule has 110 valence electrons. The first-order valence-corrected chi connectivity index (χ1v) is 6.90. The number of carbonyl (C=O) groups is 3. The van der Waals surface area contributed by atoms with E-state index in [-0.39, 0.29) is 24.0 Å². The number of fused-ring (bicyclic) bond motifs is 1. The zero-order valence-electron chi connectivity index (χ0n) is 11.7. The number of carbonyl (C=O) groups excluding carboxylic acids is 3. The lowest BCUT2D eigenvalue weighted by Crippen LogP contribution is -2.34. The third-order valence-corrected chi connectivity index (χ3v) is 3.85. The average Bonchev–Trinajstić information content (AvgIpc) is 2.81. The van der Waals surface area contributed by atoms with Crippen LogP contribution in [-0.4, -0.2) is 29.8 Å². The van der Waals surface area contributed by atoms with Gasteiger partial charge in [0.1, 0.15) is 12.0 Å². The van der Waals surface area contributed by atoms with E-state index in [4.69, 9.17) is 4.74 Å². The molecule has 2 heterocycles. The summed E-state index contributed by atoms with van der Waals surface area (Å²) in [5.74, 6) is -0.858. The van der Waals surface area contributed by atoms with Gasteiger partial charge in [-0.2, -0.15) is 0 Å². The van der Waals surface area contributed by atoms with E-state index in [1.807, 2.05) is 0 Å². The molecule has 6 nitrogen and oxygen atoms in total. The lowest BCUT2D eigenvalue weighted by atomic mass is 9.91. The highest BCUT2D eigenvalue weighted by molar-refractivity contribution is 6.14. The number of anilines is 2. The molecule has 0 spiro atoms. The van der Waals surface area contributed by atoms with Gasteiger partial charge in [0.25, 0.3) is 0 Å². The van der Waals surface area contributed by atoms with Gasteiger partial charge < -0.3 is 15.4 Å². The number of amides is 2. The van der Waals surface area contributed by atoms with Crippen LogP contribution < -0.4 is 10.6 Å². The van der Waals surface area contributed by atoms with Crippen LogP contribution in [0.2, 0.25) is 0 Å². The van der Waals surface area contributed by atoms with E-state index in [9.17, 15) is 14.4 Å². The van der Waals surface area contributed by atoms with Crippen LogP contribution in [0.5, 0.6) is 0 Å². The topological polar surface area (TPSA) is 84.5 Å². The second-order valence-electron chi connectivity index (χ2n) is 5.55. The van der Waals surface area contributed by atoms with Crippen molar-refractivity contribution in [1.82, 2.24) is 0 Å². The molecular weight excluding hydrogens is 272 g/mol. The highest BCUT2D eigenvalue weighted by Crippen LogP contribution is 2.32. The van der Waals surface area contributed by atoms with Crippen LogP contribution in [0.3, 0.4) is 0 Å². The molecule has 1 aromatic rings. The summed E-state index contributed by atoms with van der Waals surface area (Å²) in [6.45, 7) is 2.37. The Kier molecular flexibility index (Phi) is 3.25. The summed E-state index contributed by atoms with van der Waals surface area (Å²) in [6, 6.07) is 4.87. The molecule has 2 N–H and O–H groups in total. The molecular formula is C15H16N2O4. The number of nitrogens with one attached hydrogen (secondary N) is 2. The van der Waals surface area contributed by atoms with Gasteiger partial charge in [0.05, 0.1) is 11.4 Å². The van der Waals surface area contributed by atoms with Gasteiger partial charge in [0.15, 0.2) is 5.78 Å². The molecule has 2 amide bonds. The molecule has 21 heavy (non-hydrogen) atoms. The third-order valence-electron chi connectivity index (χ3n) is 3.85. The summed E-state index contributed by atoms with van der Waals surface area (Å²) >= 11 is 0. The lowest BCUT2D eigenvalue weighted by Gasteiger charge is -2.22. The molecule has 1 unspecified atom stereocenters. The molecule has 1 fully saturated rings. The highest BCUT2D eigenvalue weighted by atomic mass is 16.5. The second kappa shape index (κ2) is 4.96. The zero-order chi connectivity index (χ0) is 15.0. The monoisotopic (exact) mass is 288 g/mol. The Labute approximate surface area is 121 Å². The van der Waals surface area contributed by atoms with Crippen molar-refractivity contribution in [3.8, 4) is 0 Å². The smallest absolute Gasteiger partial charge is 0.233 e. The molecule has 2 aliphatic rings. The Morgan fingerprint density at radius 1 is 1.19 bits per heavy atom. The summed E-state index contributed by atoms with van der Waals surface area (Å²) in [5.41, 5.74) is 0.611. The van der Waals surface area contributed by atoms with Crippen molar-refractivity contribution in [2.75, 3.05) is 17.2 Å². The van der Waals surface area contributed by atoms with Crippen molar-refractivity contribution >= 4 is 29.0 Å². The standard InChI is InChI=1S/C15H16N2O4/c1-15(5-2-6-21-15)14(20)9-3-4-10-11(7-9)17-13(19)8-12(18)16-10/h3-4,7H,2,5-6,8H2,1H3,(H,16,18)(H,17,19). The maximum Gasteiger partial charge on any atom is 0.233 e. The molecule has 1 saturated heterocycles. The largest absolute Gasteiger partial charge is 0.367 e. The minimum Gasteiger partial charge on any atom is -0.367 e. The molecule has 1 atom stereocenters. The van der Waals surface area contributed by atoms with Gasteiger partial charge in [-0.1, -0.05) is 0 Å². The first-order valence-electron chi connectivity index (χ1n) is 6.90. The van der Waals surface area contributed by atoms with E-state index >= 15 is 0 Å². The van der Waals surface area contributed by atoms with E-state index in [1.54, 1.807) is 25.1 Å². The normalized spacial score (nSPS) is 24.8. The van der Waals surface area contributed by atoms with Crippen molar-refractivity contribution in [2.24, 2.45) is 0 Å². The molecule has 0 bridgehead atoms. The van der Waals surface area contributed by atoms with Crippen LogP contribution in [-0.2, 0) is 14.3 Å². The summed E-state index contributed by atoms with van der Waals surface area (Å²) in [6.07, 6.45) is 1.32. The van der Waals surface area contributed by atoms with Crippen molar-refractivity contribution < 1.29 is 19.1 Å². The fraction of sp³-hybridized carbons (Fsp3) is 0.400. The Morgan fingerprint density at radius 3 is 2.57 bits per heavy atom. The average molecular weight is 288 g/mol. The first-order chi connectivity index (χ1) is 9.98. The van der Waals surface area contributed by atoms with E-state index in [2.05, 4.69) is 10.6 Å². The van der Waals surface area contributed by atoms with Crippen LogP contribution in [0, 0.1) is 0 Å². The van der Waals surface area contributed by atoms with E-state index < -0.39 is 5.60 Å². The van der Waals surface area contributed by atoms with Crippen molar-refractivity contribution in [2.45, 2.75) is 31.8 Å². The van der Waals surface area contributed by atoms with E-state index in [1.165, 1.54) is 0 Å². The predicted molar refractivity (Wildman–Crippen MR) is 76.2 cm³/mol. The van der Waals surface area contributed by atoms with Gasteiger partial charge >= 0.3 is 0 Å². The Morgan fingerprint density at radius 2 is 1.90 bits per heavy atom. The number of hydrogen-bond acceptors (Lipinski definition) is 4. The summed E-state index contributed by atoms with van der Waals surface area (Å²) in [5, 5.41) is 5.27. The Balaban J connectivity index is 1.94. The van der Waals surface area contributed by atoms with Crippen molar-refractivity contribution in [1.29, 1.82) is 0 Å². The lowest BCUT2D eigenvalue weighted by molar-refractivity contribution is -0.123. The van der Waals surface area contributed by atoms with Gasteiger partial charge in [0.2, 0.25) is 11.8 Å². The molecule has 2 aliphatic heterocycles. The van der Waals surface area contributed by atoms with Crippen LogP contribution in [0.4, 0.5) is 11.4 Å². The van der Waals surface area contributed by atoms with E-state index in [0.29, 0.717) is 30.0 Å². The van der Waals surface area contributed by atoms with Crippen LogP contribution >= 0.6 is 0 Å².